The predicted molar refractivity (Wildman–Crippen MR) is 79.0 cm³/mol. The second kappa shape index (κ2) is 5.66. The number of rotatable bonds is 4. The number of hydrogen-bond acceptors (Lipinski definition) is 3. The summed E-state index contributed by atoms with van der Waals surface area (Å²) in [7, 11) is 2.21. The van der Waals surface area contributed by atoms with Crippen LogP contribution in [0, 0.1) is 5.92 Å². The van der Waals surface area contributed by atoms with Gasteiger partial charge in [0.1, 0.15) is 0 Å². The third kappa shape index (κ3) is 4.07. The molecule has 3 heteroatoms. The maximum Gasteiger partial charge on any atom is 0.333 e. The Kier molecular flexibility index (Phi) is 4.83. The van der Waals surface area contributed by atoms with Crippen LogP contribution < -0.4 is 0 Å². The van der Waals surface area contributed by atoms with Crippen LogP contribution in [-0.4, -0.2) is 35.6 Å². The lowest BCUT2D eigenvalue weighted by Gasteiger charge is -2.53. The van der Waals surface area contributed by atoms with Gasteiger partial charge in [0, 0.05) is 16.7 Å². The number of hydrogen-bond donors (Lipinski definition) is 0. The monoisotopic (exact) mass is 267 g/mol. The zero-order valence-electron chi connectivity index (χ0n) is 13.4. The number of nitrogens with zero attached hydrogens (tertiary/aromatic N) is 1. The highest BCUT2D eigenvalue weighted by atomic mass is 16.5. The molecule has 1 aliphatic rings. The van der Waals surface area contributed by atoms with E-state index in [9.17, 15) is 4.79 Å². The van der Waals surface area contributed by atoms with Crippen molar-refractivity contribution in [1.82, 2.24) is 4.90 Å². The summed E-state index contributed by atoms with van der Waals surface area (Å²) in [4.78, 5) is 13.8. The lowest BCUT2D eigenvalue weighted by atomic mass is 9.73. The number of likely N-dealkylation sites (tertiary alicyclic amines) is 1. The highest BCUT2D eigenvalue weighted by Gasteiger charge is 2.42. The highest BCUT2D eigenvalue weighted by molar-refractivity contribution is 5.86. The van der Waals surface area contributed by atoms with E-state index >= 15 is 0 Å². The molecular weight excluding hydrogens is 238 g/mol. The van der Waals surface area contributed by atoms with Crippen molar-refractivity contribution in [2.24, 2.45) is 5.92 Å². The summed E-state index contributed by atoms with van der Waals surface area (Å²) in [6, 6.07) is 0. The van der Waals surface area contributed by atoms with Crippen molar-refractivity contribution in [3.63, 3.8) is 0 Å². The van der Waals surface area contributed by atoms with Gasteiger partial charge in [-0.05, 0) is 66.8 Å². The van der Waals surface area contributed by atoms with Crippen LogP contribution in [0.25, 0.3) is 0 Å². The van der Waals surface area contributed by atoms with E-state index < -0.39 is 0 Å². The molecule has 0 aliphatic carbocycles. The number of carbonyl (C=O) groups excluding carboxylic acids is 1. The molecule has 3 nitrogen and oxygen atoms in total. The molecule has 0 unspecified atom stereocenters. The first-order chi connectivity index (χ1) is 8.56. The Bertz CT molecular complexity index is 340. The van der Waals surface area contributed by atoms with E-state index in [1.54, 1.807) is 6.92 Å². The molecule has 0 amide bonds. The van der Waals surface area contributed by atoms with E-state index in [1.165, 1.54) is 0 Å². The lowest BCUT2D eigenvalue weighted by molar-refractivity contribution is -0.139. The smallest absolute Gasteiger partial charge is 0.333 e. The number of carbonyl (C=O) groups is 1. The molecule has 0 aromatic carbocycles. The van der Waals surface area contributed by atoms with Crippen molar-refractivity contribution in [1.29, 1.82) is 0 Å². The first-order valence-corrected chi connectivity index (χ1v) is 7.13. The van der Waals surface area contributed by atoms with Crippen molar-refractivity contribution in [3.05, 3.63) is 12.2 Å². The van der Waals surface area contributed by atoms with Crippen LogP contribution in [-0.2, 0) is 9.53 Å². The molecule has 0 bridgehead atoms. The molecule has 1 saturated heterocycles. The third-order valence-electron chi connectivity index (χ3n) is 4.50. The minimum atomic E-state index is -0.272. The summed E-state index contributed by atoms with van der Waals surface area (Å²) >= 11 is 0. The van der Waals surface area contributed by atoms with E-state index in [0.717, 1.165) is 19.3 Å². The van der Waals surface area contributed by atoms with E-state index in [4.69, 9.17) is 4.74 Å². The Morgan fingerprint density at radius 1 is 1.26 bits per heavy atom. The Labute approximate surface area is 118 Å². The van der Waals surface area contributed by atoms with Gasteiger partial charge in [0.2, 0.25) is 0 Å². The van der Waals surface area contributed by atoms with E-state index in [0.29, 0.717) is 18.1 Å². The molecule has 1 heterocycles. The second-order valence-electron chi connectivity index (χ2n) is 7.16. The van der Waals surface area contributed by atoms with E-state index in [1.807, 2.05) is 0 Å². The minimum absolute atomic E-state index is 0.199. The molecule has 110 valence electrons. The lowest BCUT2D eigenvalue weighted by Crippen LogP contribution is -2.58. The predicted octanol–water partition coefficient (Wildman–Crippen LogP) is 3.39. The molecule has 19 heavy (non-hydrogen) atoms. The van der Waals surface area contributed by atoms with Crippen LogP contribution >= 0.6 is 0 Å². The summed E-state index contributed by atoms with van der Waals surface area (Å²) in [5.41, 5.74) is 0.874. The van der Waals surface area contributed by atoms with Gasteiger partial charge in [0.25, 0.3) is 0 Å². The Morgan fingerprint density at radius 3 is 2.16 bits per heavy atom. The van der Waals surface area contributed by atoms with Crippen LogP contribution in [0.3, 0.4) is 0 Å². The van der Waals surface area contributed by atoms with Crippen LogP contribution in [0.5, 0.6) is 0 Å². The summed E-state index contributed by atoms with van der Waals surface area (Å²) < 4.78 is 5.22. The largest absolute Gasteiger partial charge is 0.462 e. The van der Waals surface area contributed by atoms with Gasteiger partial charge in [0.15, 0.2) is 0 Å². The molecule has 1 fully saturated rings. The van der Waals surface area contributed by atoms with Crippen molar-refractivity contribution >= 4 is 5.97 Å². The first kappa shape index (κ1) is 16.2. The quantitative estimate of drug-likeness (QED) is 0.577. The van der Waals surface area contributed by atoms with Gasteiger partial charge in [-0.3, -0.25) is 4.90 Å². The Morgan fingerprint density at radius 2 is 1.74 bits per heavy atom. The summed E-state index contributed by atoms with van der Waals surface area (Å²) in [6.45, 7) is 15.0. The highest BCUT2D eigenvalue weighted by Crippen LogP contribution is 2.41. The molecule has 1 rings (SSSR count). The molecule has 0 spiro atoms. The third-order valence-corrected chi connectivity index (χ3v) is 4.50. The fourth-order valence-corrected chi connectivity index (χ4v) is 3.22. The summed E-state index contributed by atoms with van der Waals surface area (Å²) in [6.07, 6.45) is 3.24. The van der Waals surface area contributed by atoms with Crippen LogP contribution in [0.1, 0.15) is 53.9 Å². The van der Waals surface area contributed by atoms with Gasteiger partial charge in [-0.1, -0.05) is 6.58 Å². The van der Waals surface area contributed by atoms with Crippen LogP contribution in [0.4, 0.5) is 0 Å². The average molecular weight is 267 g/mol. The summed E-state index contributed by atoms with van der Waals surface area (Å²) in [5, 5.41) is 0. The summed E-state index contributed by atoms with van der Waals surface area (Å²) in [5.74, 6) is 0.338. The van der Waals surface area contributed by atoms with Crippen molar-refractivity contribution < 1.29 is 9.53 Å². The second-order valence-corrected chi connectivity index (χ2v) is 7.16. The molecule has 0 aromatic heterocycles. The van der Waals surface area contributed by atoms with Gasteiger partial charge in [-0.25, -0.2) is 4.79 Å². The van der Waals surface area contributed by atoms with Crippen molar-refractivity contribution in [2.45, 2.75) is 65.0 Å². The van der Waals surface area contributed by atoms with E-state index in [2.05, 4.69) is 46.2 Å². The molecule has 0 aromatic rings. The van der Waals surface area contributed by atoms with Gasteiger partial charge in [0.05, 0.1) is 6.61 Å². The first-order valence-electron chi connectivity index (χ1n) is 7.13. The van der Waals surface area contributed by atoms with Crippen LogP contribution in [0.15, 0.2) is 12.2 Å². The van der Waals surface area contributed by atoms with Gasteiger partial charge < -0.3 is 4.74 Å². The molecule has 0 radical (unpaired) electrons. The fraction of sp³-hybridized carbons (Fsp3) is 0.812. The van der Waals surface area contributed by atoms with Crippen molar-refractivity contribution in [3.8, 4) is 0 Å². The average Bonchev–Trinajstić information content (AvgIpc) is 2.24. The minimum Gasteiger partial charge on any atom is -0.462 e. The normalized spacial score (nSPS) is 23.1. The zero-order chi connectivity index (χ0) is 14.8. The molecule has 1 aliphatic heterocycles. The van der Waals surface area contributed by atoms with Gasteiger partial charge >= 0.3 is 5.97 Å². The van der Waals surface area contributed by atoms with E-state index in [-0.39, 0.29) is 17.0 Å². The topological polar surface area (TPSA) is 29.5 Å². The number of esters is 1. The van der Waals surface area contributed by atoms with Crippen molar-refractivity contribution in [2.75, 3.05) is 13.7 Å². The SMILES string of the molecule is C=C(C)C(=O)OCCC1CC(C)(C)N(C)C(C)(C)C1. The van der Waals surface area contributed by atoms with Gasteiger partial charge in [-0.2, -0.15) is 0 Å². The maximum absolute atomic E-state index is 11.4. The molecule has 0 N–H and O–H groups in total. The molecule has 0 saturated carbocycles. The molecule has 0 atom stereocenters. The Balaban J connectivity index is 2.52. The molecular formula is C16H29NO2. The Hall–Kier alpha value is -0.830. The van der Waals surface area contributed by atoms with Crippen LogP contribution in [0.2, 0.25) is 0 Å². The zero-order valence-corrected chi connectivity index (χ0v) is 13.4. The number of piperidine rings is 1. The maximum atomic E-state index is 11.4. The number of ether oxygens (including phenoxy) is 1. The fourth-order valence-electron chi connectivity index (χ4n) is 3.22. The standard InChI is InChI=1S/C16H29NO2/c1-12(2)14(18)19-9-8-13-10-15(3,4)17(7)16(5,6)11-13/h13H,1,8-11H2,2-7H3. The van der Waals surface area contributed by atoms with Gasteiger partial charge in [-0.15, -0.1) is 0 Å².